The van der Waals surface area contributed by atoms with E-state index in [4.69, 9.17) is 0 Å². The van der Waals surface area contributed by atoms with Gasteiger partial charge in [-0.25, -0.2) is 18.7 Å². The van der Waals surface area contributed by atoms with Crippen LogP contribution in [0.3, 0.4) is 0 Å². The van der Waals surface area contributed by atoms with Gasteiger partial charge in [0.25, 0.3) is 0 Å². The summed E-state index contributed by atoms with van der Waals surface area (Å²) < 4.78 is 26.7. The lowest BCUT2D eigenvalue weighted by molar-refractivity contribution is 0.505. The summed E-state index contributed by atoms with van der Waals surface area (Å²) in [4.78, 5) is 7.73. The van der Waals surface area contributed by atoms with Crippen LogP contribution in [0.5, 0.6) is 0 Å². The van der Waals surface area contributed by atoms with Crippen LogP contribution in [0.25, 0.3) is 11.4 Å². The molecule has 0 unspecified atom stereocenters. The second kappa shape index (κ2) is 3.73. The van der Waals surface area contributed by atoms with Crippen molar-refractivity contribution in [3.05, 3.63) is 47.8 Å². The Labute approximate surface area is 85.6 Å². The minimum absolute atomic E-state index is 0.0821. The van der Waals surface area contributed by atoms with Crippen LogP contribution in [0.1, 0.15) is 5.56 Å². The first kappa shape index (κ1) is 9.71. The molecule has 2 aromatic rings. The molecule has 0 aliphatic heterocycles. The Morgan fingerprint density at radius 1 is 1.00 bits per heavy atom. The first-order valence-corrected chi connectivity index (χ1v) is 4.42. The molecule has 1 heterocycles. The Hall–Kier alpha value is -1.84. The number of nitrogens with zero attached hydrogens (tertiary/aromatic N) is 2. The third kappa shape index (κ3) is 1.70. The molecule has 1 aromatic heterocycles. The largest absolute Gasteiger partial charge is 0.236 e. The highest BCUT2D eigenvalue weighted by Gasteiger charge is 2.13. The molecule has 4 heteroatoms. The molecular weight excluding hydrogens is 198 g/mol. The van der Waals surface area contributed by atoms with E-state index in [1.54, 1.807) is 6.07 Å². The molecule has 0 spiro atoms. The second-order valence-corrected chi connectivity index (χ2v) is 3.13. The van der Waals surface area contributed by atoms with Crippen LogP contribution in [0.15, 0.2) is 30.6 Å². The molecule has 2 rings (SSSR count). The van der Waals surface area contributed by atoms with Crippen LogP contribution in [0.4, 0.5) is 8.78 Å². The van der Waals surface area contributed by atoms with E-state index in [0.29, 0.717) is 0 Å². The van der Waals surface area contributed by atoms with Crippen molar-refractivity contribution in [2.45, 2.75) is 6.92 Å². The van der Waals surface area contributed by atoms with Crippen LogP contribution >= 0.6 is 0 Å². The van der Waals surface area contributed by atoms with E-state index in [9.17, 15) is 8.78 Å². The normalized spacial score (nSPS) is 10.3. The fourth-order valence-corrected chi connectivity index (χ4v) is 1.26. The predicted molar refractivity (Wildman–Crippen MR) is 52.1 cm³/mol. The summed E-state index contributed by atoms with van der Waals surface area (Å²) in [6.45, 7) is 1.51. The van der Waals surface area contributed by atoms with Crippen LogP contribution in [0.2, 0.25) is 0 Å². The number of hydrogen-bond acceptors (Lipinski definition) is 2. The molecule has 1 aromatic carbocycles. The highest BCUT2D eigenvalue weighted by Crippen LogP contribution is 2.22. The molecule has 0 aliphatic rings. The first-order valence-electron chi connectivity index (χ1n) is 4.42. The van der Waals surface area contributed by atoms with E-state index in [2.05, 4.69) is 9.97 Å². The SMILES string of the molecule is Cc1ccc(-c2ncccn2)c(F)c1F. The molecule has 0 saturated carbocycles. The highest BCUT2D eigenvalue weighted by atomic mass is 19.2. The fraction of sp³-hybridized carbons (Fsp3) is 0.0909. The number of benzene rings is 1. The lowest BCUT2D eigenvalue weighted by Gasteiger charge is -2.03. The minimum Gasteiger partial charge on any atom is -0.236 e. The van der Waals surface area contributed by atoms with Crippen molar-refractivity contribution in [1.29, 1.82) is 0 Å². The molecule has 0 N–H and O–H groups in total. The first-order chi connectivity index (χ1) is 7.20. The van der Waals surface area contributed by atoms with Crippen LogP contribution < -0.4 is 0 Å². The van der Waals surface area contributed by atoms with Gasteiger partial charge in [0.1, 0.15) is 0 Å². The Kier molecular flexibility index (Phi) is 2.41. The number of aromatic nitrogens is 2. The summed E-state index contributed by atoms with van der Waals surface area (Å²) >= 11 is 0. The third-order valence-electron chi connectivity index (χ3n) is 2.08. The molecule has 15 heavy (non-hydrogen) atoms. The van der Waals surface area contributed by atoms with Crippen LogP contribution in [-0.4, -0.2) is 9.97 Å². The van der Waals surface area contributed by atoms with Gasteiger partial charge in [-0.15, -0.1) is 0 Å². The van der Waals surface area contributed by atoms with E-state index in [-0.39, 0.29) is 17.0 Å². The molecule has 0 bridgehead atoms. The maximum Gasteiger partial charge on any atom is 0.170 e. The van der Waals surface area contributed by atoms with Crippen LogP contribution in [0, 0.1) is 18.6 Å². The summed E-state index contributed by atoms with van der Waals surface area (Å²) in [5.74, 6) is -1.56. The number of halogens is 2. The highest BCUT2D eigenvalue weighted by molar-refractivity contribution is 5.56. The topological polar surface area (TPSA) is 25.8 Å². The van der Waals surface area contributed by atoms with Gasteiger partial charge < -0.3 is 0 Å². The van der Waals surface area contributed by atoms with Gasteiger partial charge in [0, 0.05) is 12.4 Å². The van der Waals surface area contributed by atoms with E-state index in [1.165, 1.54) is 31.5 Å². The van der Waals surface area contributed by atoms with E-state index in [1.807, 2.05) is 0 Å². The quantitative estimate of drug-likeness (QED) is 0.716. The minimum atomic E-state index is -0.902. The smallest absolute Gasteiger partial charge is 0.170 e. The third-order valence-corrected chi connectivity index (χ3v) is 2.08. The average molecular weight is 206 g/mol. The lowest BCUT2D eigenvalue weighted by Crippen LogP contribution is -1.96. The van der Waals surface area contributed by atoms with Gasteiger partial charge in [0.05, 0.1) is 5.56 Å². The molecular formula is C11H8F2N2. The lowest BCUT2D eigenvalue weighted by atomic mass is 10.1. The fourth-order valence-electron chi connectivity index (χ4n) is 1.26. The molecule has 0 amide bonds. The van der Waals surface area contributed by atoms with Crippen molar-refractivity contribution in [3.8, 4) is 11.4 Å². The van der Waals surface area contributed by atoms with Gasteiger partial charge in [-0.1, -0.05) is 6.07 Å². The Balaban J connectivity index is 2.60. The zero-order valence-electron chi connectivity index (χ0n) is 8.04. The average Bonchev–Trinajstić information content (AvgIpc) is 2.27. The molecule has 0 atom stereocenters. The molecule has 76 valence electrons. The summed E-state index contributed by atoms with van der Waals surface area (Å²) in [5.41, 5.74) is 0.353. The van der Waals surface area contributed by atoms with Crippen molar-refractivity contribution in [2.75, 3.05) is 0 Å². The summed E-state index contributed by atoms with van der Waals surface area (Å²) in [5, 5.41) is 0. The summed E-state index contributed by atoms with van der Waals surface area (Å²) in [6, 6.07) is 4.60. The van der Waals surface area contributed by atoms with Gasteiger partial charge >= 0.3 is 0 Å². The van der Waals surface area contributed by atoms with E-state index in [0.717, 1.165) is 0 Å². The predicted octanol–water partition coefficient (Wildman–Crippen LogP) is 2.73. The zero-order chi connectivity index (χ0) is 10.8. The zero-order valence-corrected chi connectivity index (χ0v) is 8.04. The van der Waals surface area contributed by atoms with Crippen molar-refractivity contribution in [1.82, 2.24) is 9.97 Å². The van der Waals surface area contributed by atoms with Crippen molar-refractivity contribution in [3.63, 3.8) is 0 Å². The number of aryl methyl sites for hydroxylation is 1. The van der Waals surface area contributed by atoms with Gasteiger partial charge in [0.2, 0.25) is 0 Å². The van der Waals surface area contributed by atoms with Gasteiger partial charge in [-0.2, -0.15) is 0 Å². The Morgan fingerprint density at radius 2 is 1.67 bits per heavy atom. The number of rotatable bonds is 1. The monoisotopic (exact) mass is 206 g/mol. The Morgan fingerprint density at radius 3 is 2.33 bits per heavy atom. The molecule has 0 saturated heterocycles. The maximum absolute atomic E-state index is 13.5. The molecule has 0 radical (unpaired) electrons. The second-order valence-electron chi connectivity index (χ2n) is 3.13. The van der Waals surface area contributed by atoms with Gasteiger partial charge in [-0.3, -0.25) is 0 Å². The van der Waals surface area contributed by atoms with E-state index < -0.39 is 11.6 Å². The Bertz CT molecular complexity index is 483. The van der Waals surface area contributed by atoms with Crippen molar-refractivity contribution in [2.24, 2.45) is 0 Å². The summed E-state index contributed by atoms with van der Waals surface area (Å²) in [6.07, 6.45) is 2.97. The number of hydrogen-bond donors (Lipinski definition) is 0. The van der Waals surface area contributed by atoms with Gasteiger partial charge in [0.15, 0.2) is 17.5 Å². The maximum atomic E-state index is 13.5. The molecule has 0 fully saturated rings. The molecule has 0 aliphatic carbocycles. The molecule has 2 nitrogen and oxygen atoms in total. The van der Waals surface area contributed by atoms with Crippen molar-refractivity contribution >= 4 is 0 Å². The van der Waals surface area contributed by atoms with Crippen molar-refractivity contribution < 1.29 is 8.78 Å². The van der Waals surface area contributed by atoms with E-state index >= 15 is 0 Å². The standard InChI is InChI=1S/C11H8F2N2/c1-7-3-4-8(10(13)9(7)12)11-14-5-2-6-15-11/h2-6H,1H3. The summed E-state index contributed by atoms with van der Waals surface area (Å²) in [7, 11) is 0. The van der Waals surface area contributed by atoms with Gasteiger partial charge in [-0.05, 0) is 24.6 Å². The van der Waals surface area contributed by atoms with Crippen LogP contribution in [-0.2, 0) is 0 Å².